The minimum Gasteiger partial charge on any atom is -0.508 e. The Morgan fingerprint density at radius 1 is 1.04 bits per heavy atom. The van der Waals surface area contributed by atoms with Crippen molar-refractivity contribution in [1.29, 1.82) is 0 Å². The van der Waals surface area contributed by atoms with Gasteiger partial charge in [-0.25, -0.2) is 0 Å². The molecule has 1 saturated heterocycles. The van der Waals surface area contributed by atoms with Crippen LogP contribution >= 0.6 is 0 Å². The number of amides is 1. The molecule has 0 spiro atoms. The SMILES string of the molecule is CC(C)(O)CC1CCN(C(=O)c2ccc(Oc3ccc(O)cc3)cc2)CC1. The second-order valence-electron chi connectivity index (χ2n) is 7.87. The summed E-state index contributed by atoms with van der Waals surface area (Å²) >= 11 is 0. The van der Waals surface area contributed by atoms with E-state index in [1.165, 1.54) is 0 Å². The van der Waals surface area contributed by atoms with E-state index in [2.05, 4.69) is 0 Å². The molecule has 0 bridgehead atoms. The van der Waals surface area contributed by atoms with Gasteiger partial charge in [-0.1, -0.05) is 0 Å². The summed E-state index contributed by atoms with van der Waals surface area (Å²) in [5, 5.41) is 19.3. The van der Waals surface area contributed by atoms with Gasteiger partial charge in [0.15, 0.2) is 0 Å². The number of carbonyl (C=O) groups is 1. The van der Waals surface area contributed by atoms with Gasteiger partial charge in [-0.3, -0.25) is 4.79 Å². The highest BCUT2D eigenvalue weighted by atomic mass is 16.5. The zero-order chi connectivity index (χ0) is 19.4. The first-order valence-electron chi connectivity index (χ1n) is 9.39. The number of aliphatic hydroxyl groups is 1. The molecule has 0 saturated carbocycles. The summed E-state index contributed by atoms with van der Waals surface area (Å²) in [6, 6.07) is 13.6. The van der Waals surface area contributed by atoms with Crippen LogP contribution in [-0.2, 0) is 0 Å². The summed E-state index contributed by atoms with van der Waals surface area (Å²) < 4.78 is 5.71. The molecule has 0 radical (unpaired) electrons. The lowest BCUT2D eigenvalue weighted by Gasteiger charge is -2.34. The Bertz CT molecular complexity index is 754. The van der Waals surface area contributed by atoms with Gasteiger partial charge in [0.05, 0.1) is 5.60 Å². The Morgan fingerprint density at radius 2 is 1.56 bits per heavy atom. The normalized spacial score (nSPS) is 15.6. The van der Waals surface area contributed by atoms with Crippen molar-refractivity contribution in [2.24, 2.45) is 5.92 Å². The number of ether oxygens (including phenoxy) is 1. The Kier molecular flexibility index (Phi) is 5.71. The zero-order valence-electron chi connectivity index (χ0n) is 15.9. The number of rotatable bonds is 5. The zero-order valence-corrected chi connectivity index (χ0v) is 15.9. The highest BCUT2D eigenvalue weighted by molar-refractivity contribution is 5.94. The molecule has 3 rings (SSSR count). The Morgan fingerprint density at radius 3 is 2.07 bits per heavy atom. The summed E-state index contributed by atoms with van der Waals surface area (Å²) in [6.45, 7) is 5.13. The predicted molar refractivity (Wildman–Crippen MR) is 104 cm³/mol. The number of aromatic hydroxyl groups is 1. The molecule has 0 aromatic heterocycles. The molecule has 5 heteroatoms. The number of likely N-dealkylation sites (tertiary alicyclic amines) is 1. The predicted octanol–water partition coefficient (Wildman–Crippen LogP) is 4.20. The van der Waals surface area contributed by atoms with Gasteiger partial charge < -0.3 is 19.8 Å². The first kappa shape index (κ1) is 19.2. The number of piperidine rings is 1. The van der Waals surface area contributed by atoms with Gasteiger partial charge in [-0.2, -0.15) is 0 Å². The fourth-order valence-corrected chi connectivity index (χ4v) is 3.55. The van der Waals surface area contributed by atoms with Crippen molar-refractivity contribution in [3.05, 3.63) is 54.1 Å². The largest absolute Gasteiger partial charge is 0.508 e. The molecule has 2 N–H and O–H groups in total. The van der Waals surface area contributed by atoms with Crippen LogP contribution in [0.3, 0.4) is 0 Å². The minimum absolute atomic E-state index is 0.0351. The molecule has 0 atom stereocenters. The molecule has 5 nitrogen and oxygen atoms in total. The first-order valence-corrected chi connectivity index (χ1v) is 9.39. The molecular weight excluding hydrogens is 342 g/mol. The molecule has 2 aromatic rings. The highest BCUT2D eigenvalue weighted by Crippen LogP contribution is 2.28. The molecule has 1 aliphatic rings. The van der Waals surface area contributed by atoms with Crippen LogP contribution in [-0.4, -0.2) is 39.7 Å². The van der Waals surface area contributed by atoms with E-state index in [1.807, 2.05) is 18.7 Å². The minimum atomic E-state index is -0.649. The lowest BCUT2D eigenvalue weighted by Crippen LogP contribution is -2.40. The van der Waals surface area contributed by atoms with Gasteiger partial charge in [-0.05, 0) is 87.6 Å². The van der Waals surface area contributed by atoms with Crippen molar-refractivity contribution in [3.8, 4) is 17.2 Å². The number of nitrogens with zero attached hydrogens (tertiary/aromatic N) is 1. The molecule has 0 unspecified atom stereocenters. The summed E-state index contributed by atoms with van der Waals surface area (Å²) in [4.78, 5) is 14.6. The van der Waals surface area contributed by atoms with E-state index in [0.717, 1.165) is 32.4 Å². The molecule has 2 aromatic carbocycles. The third kappa shape index (κ3) is 5.47. The number of hydrogen-bond donors (Lipinski definition) is 2. The maximum atomic E-state index is 12.7. The number of phenolic OH excluding ortho intramolecular Hbond substituents is 1. The topological polar surface area (TPSA) is 70.0 Å². The third-order valence-electron chi connectivity index (χ3n) is 4.86. The molecule has 27 heavy (non-hydrogen) atoms. The van der Waals surface area contributed by atoms with E-state index >= 15 is 0 Å². The van der Waals surface area contributed by atoms with E-state index in [-0.39, 0.29) is 11.7 Å². The lowest BCUT2D eigenvalue weighted by atomic mass is 9.86. The second-order valence-corrected chi connectivity index (χ2v) is 7.87. The average Bonchev–Trinajstić information content (AvgIpc) is 2.63. The van der Waals surface area contributed by atoms with Crippen LogP contribution in [0.2, 0.25) is 0 Å². The molecule has 1 amide bonds. The second kappa shape index (κ2) is 8.01. The van der Waals surface area contributed by atoms with Gasteiger partial charge in [-0.15, -0.1) is 0 Å². The third-order valence-corrected chi connectivity index (χ3v) is 4.86. The monoisotopic (exact) mass is 369 g/mol. The number of benzene rings is 2. The fourth-order valence-electron chi connectivity index (χ4n) is 3.55. The van der Waals surface area contributed by atoms with Crippen molar-refractivity contribution in [1.82, 2.24) is 4.90 Å². The van der Waals surface area contributed by atoms with Crippen molar-refractivity contribution in [2.45, 2.75) is 38.7 Å². The number of hydrogen-bond acceptors (Lipinski definition) is 4. The number of phenols is 1. The Balaban J connectivity index is 1.55. The average molecular weight is 369 g/mol. The van der Waals surface area contributed by atoms with Crippen LogP contribution in [0.1, 0.15) is 43.5 Å². The lowest BCUT2D eigenvalue weighted by molar-refractivity contribution is 0.0358. The Hall–Kier alpha value is -2.53. The maximum Gasteiger partial charge on any atom is 0.253 e. The molecule has 1 fully saturated rings. The van der Waals surface area contributed by atoms with E-state index in [1.54, 1.807) is 48.5 Å². The van der Waals surface area contributed by atoms with Crippen molar-refractivity contribution >= 4 is 5.91 Å². The van der Waals surface area contributed by atoms with Gasteiger partial charge in [0.1, 0.15) is 17.2 Å². The standard InChI is InChI=1S/C22H27NO4/c1-22(2,26)15-16-11-13-23(14-12-16)21(25)17-3-7-19(8-4-17)27-20-9-5-18(24)6-10-20/h3-10,16,24,26H,11-15H2,1-2H3. The van der Waals surface area contributed by atoms with Crippen molar-refractivity contribution < 1.29 is 19.7 Å². The summed E-state index contributed by atoms with van der Waals surface area (Å²) in [5.74, 6) is 1.96. The van der Waals surface area contributed by atoms with Crippen molar-refractivity contribution in [2.75, 3.05) is 13.1 Å². The molecule has 1 heterocycles. The van der Waals surface area contributed by atoms with E-state index in [4.69, 9.17) is 4.74 Å². The molecule has 144 valence electrons. The quantitative estimate of drug-likeness (QED) is 0.829. The Labute approximate surface area is 160 Å². The van der Waals surface area contributed by atoms with Gasteiger partial charge in [0, 0.05) is 18.7 Å². The summed E-state index contributed by atoms with van der Waals surface area (Å²) in [7, 11) is 0. The first-order chi connectivity index (χ1) is 12.8. The fraction of sp³-hybridized carbons (Fsp3) is 0.409. The van der Waals surface area contributed by atoms with E-state index in [0.29, 0.717) is 23.0 Å². The van der Waals surface area contributed by atoms with Gasteiger partial charge in [0.2, 0.25) is 0 Å². The maximum absolute atomic E-state index is 12.7. The van der Waals surface area contributed by atoms with E-state index in [9.17, 15) is 15.0 Å². The van der Waals surface area contributed by atoms with Crippen LogP contribution < -0.4 is 4.74 Å². The highest BCUT2D eigenvalue weighted by Gasteiger charge is 2.27. The molecule has 0 aliphatic carbocycles. The summed E-state index contributed by atoms with van der Waals surface area (Å²) in [6.07, 6.45) is 2.63. The van der Waals surface area contributed by atoms with Crippen molar-refractivity contribution in [3.63, 3.8) is 0 Å². The van der Waals surface area contributed by atoms with Gasteiger partial charge >= 0.3 is 0 Å². The smallest absolute Gasteiger partial charge is 0.253 e. The summed E-state index contributed by atoms with van der Waals surface area (Å²) in [5.41, 5.74) is -0.00142. The van der Waals surface area contributed by atoms with Crippen LogP contribution in [0.5, 0.6) is 17.2 Å². The van der Waals surface area contributed by atoms with E-state index < -0.39 is 5.60 Å². The van der Waals surface area contributed by atoms with Crippen LogP contribution in [0.25, 0.3) is 0 Å². The number of carbonyl (C=O) groups excluding carboxylic acids is 1. The molecular formula is C22H27NO4. The van der Waals surface area contributed by atoms with Crippen LogP contribution in [0, 0.1) is 5.92 Å². The van der Waals surface area contributed by atoms with Crippen LogP contribution in [0.15, 0.2) is 48.5 Å². The van der Waals surface area contributed by atoms with Crippen LogP contribution in [0.4, 0.5) is 0 Å². The molecule has 1 aliphatic heterocycles. The van der Waals surface area contributed by atoms with Gasteiger partial charge in [0.25, 0.3) is 5.91 Å².